The average Bonchev–Trinajstić information content (AvgIpc) is 2.29. The first-order valence-electron chi connectivity index (χ1n) is 6.36. The van der Waals surface area contributed by atoms with Crippen LogP contribution in [0.2, 0.25) is 0 Å². The second-order valence-electron chi connectivity index (χ2n) is 4.54. The molecule has 5 heteroatoms. The summed E-state index contributed by atoms with van der Waals surface area (Å²) in [5.74, 6) is -1.32. The van der Waals surface area contributed by atoms with Crippen molar-refractivity contribution in [2.45, 2.75) is 33.7 Å². The third-order valence-corrected chi connectivity index (χ3v) is 2.94. The van der Waals surface area contributed by atoms with E-state index in [-0.39, 0.29) is 29.8 Å². The van der Waals surface area contributed by atoms with Gasteiger partial charge in [0.05, 0.1) is 25.0 Å². The molecular weight excluding hydrogens is 234 g/mol. The molecule has 0 aromatic rings. The van der Waals surface area contributed by atoms with Gasteiger partial charge in [0.25, 0.3) is 0 Å². The third-order valence-electron chi connectivity index (χ3n) is 2.94. The smallest absolute Gasteiger partial charge is 0.310 e. The van der Waals surface area contributed by atoms with Crippen molar-refractivity contribution in [3.8, 4) is 0 Å². The van der Waals surface area contributed by atoms with Gasteiger partial charge in [0.15, 0.2) is 0 Å². The fourth-order valence-corrected chi connectivity index (χ4v) is 2.15. The summed E-state index contributed by atoms with van der Waals surface area (Å²) in [6.45, 7) is 7.78. The standard InChI is InChI=1S/C13H25NO4/c1-7-17-12(15)9(3)11(14(5)6)10(4)13(16)18-8-2/h9-11H,7-8H2,1-6H3. The Balaban J connectivity index is 4.84. The highest BCUT2D eigenvalue weighted by molar-refractivity contribution is 5.77. The highest BCUT2D eigenvalue weighted by Crippen LogP contribution is 2.20. The second-order valence-corrected chi connectivity index (χ2v) is 4.54. The van der Waals surface area contributed by atoms with Crippen molar-refractivity contribution in [3.63, 3.8) is 0 Å². The van der Waals surface area contributed by atoms with Gasteiger partial charge in [-0.2, -0.15) is 0 Å². The summed E-state index contributed by atoms with van der Waals surface area (Å²) in [5, 5.41) is 0. The molecule has 0 amide bonds. The lowest BCUT2D eigenvalue weighted by Gasteiger charge is -2.32. The SMILES string of the molecule is CCOC(=O)C(C)C(C(C)C(=O)OCC)N(C)C. The van der Waals surface area contributed by atoms with Gasteiger partial charge in [-0.15, -0.1) is 0 Å². The molecule has 0 aromatic carbocycles. The van der Waals surface area contributed by atoms with Crippen molar-refractivity contribution in [2.75, 3.05) is 27.3 Å². The van der Waals surface area contributed by atoms with Crippen LogP contribution in [0.15, 0.2) is 0 Å². The first kappa shape index (κ1) is 16.9. The lowest BCUT2D eigenvalue weighted by Crippen LogP contribution is -2.46. The van der Waals surface area contributed by atoms with Gasteiger partial charge in [0, 0.05) is 6.04 Å². The zero-order chi connectivity index (χ0) is 14.3. The molecule has 0 fully saturated rings. The van der Waals surface area contributed by atoms with Gasteiger partial charge in [-0.1, -0.05) is 13.8 Å². The molecule has 0 rings (SSSR count). The minimum Gasteiger partial charge on any atom is -0.466 e. The van der Waals surface area contributed by atoms with E-state index in [0.717, 1.165) is 0 Å². The molecule has 0 heterocycles. The second kappa shape index (κ2) is 8.08. The number of ether oxygens (including phenoxy) is 2. The molecule has 0 aliphatic heterocycles. The Bertz CT molecular complexity index is 254. The van der Waals surface area contributed by atoms with E-state index < -0.39 is 0 Å². The Kier molecular flexibility index (Phi) is 7.59. The largest absolute Gasteiger partial charge is 0.466 e. The fraction of sp³-hybridized carbons (Fsp3) is 0.846. The van der Waals surface area contributed by atoms with E-state index in [0.29, 0.717) is 13.2 Å². The van der Waals surface area contributed by atoms with Crippen molar-refractivity contribution in [1.29, 1.82) is 0 Å². The van der Waals surface area contributed by atoms with Crippen molar-refractivity contribution < 1.29 is 19.1 Å². The molecular formula is C13H25NO4. The summed E-state index contributed by atoms with van der Waals surface area (Å²) < 4.78 is 10.0. The van der Waals surface area contributed by atoms with Crippen molar-refractivity contribution in [3.05, 3.63) is 0 Å². The van der Waals surface area contributed by atoms with Gasteiger partial charge in [0.1, 0.15) is 0 Å². The Hall–Kier alpha value is -1.10. The Morgan fingerprint density at radius 1 is 0.944 bits per heavy atom. The molecule has 106 valence electrons. The molecule has 2 atom stereocenters. The number of carbonyl (C=O) groups excluding carboxylic acids is 2. The van der Waals surface area contributed by atoms with E-state index in [1.54, 1.807) is 27.7 Å². The minimum absolute atomic E-state index is 0.233. The molecule has 0 bridgehead atoms. The molecule has 5 nitrogen and oxygen atoms in total. The summed E-state index contributed by atoms with van der Waals surface area (Å²) in [6, 6.07) is -0.233. The predicted molar refractivity (Wildman–Crippen MR) is 69.1 cm³/mol. The summed E-state index contributed by atoms with van der Waals surface area (Å²) in [6.07, 6.45) is 0. The molecule has 0 aliphatic rings. The van der Waals surface area contributed by atoms with Crippen LogP contribution in [0, 0.1) is 11.8 Å². The van der Waals surface area contributed by atoms with E-state index >= 15 is 0 Å². The van der Waals surface area contributed by atoms with E-state index in [2.05, 4.69) is 0 Å². The first-order valence-corrected chi connectivity index (χ1v) is 6.36. The normalized spacial score (nSPS) is 15.9. The summed E-state index contributed by atoms with van der Waals surface area (Å²) in [5.41, 5.74) is 0. The van der Waals surface area contributed by atoms with Gasteiger partial charge in [-0.3, -0.25) is 9.59 Å². The number of esters is 2. The maximum Gasteiger partial charge on any atom is 0.310 e. The Morgan fingerprint density at radius 2 is 1.28 bits per heavy atom. The van der Waals surface area contributed by atoms with Gasteiger partial charge < -0.3 is 14.4 Å². The van der Waals surface area contributed by atoms with Crippen LogP contribution in [0.5, 0.6) is 0 Å². The van der Waals surface area contributed by atoms with Crippen LogP contribution >= 0.6 is 0 Å². The van der Waals surface area contributed by atoms with Crippen LogP contribution in [0.25, 0.3) is 0 Å². The number of hydrogen-bond acceptors (Lipinski definition) is 5. The van der Waals surface area contributed by atoms with Gasteiger partial charge in [0.2, 0.25) is 0 Å². The summed E-state index contributed by atoms with van der Waals surface area (Å²) in [4.78, 5) is 25.4. The quantitative estimate of drug-likeness (QED) is 0.645. The molecule has 0 saturated carbocycles. The fourth-order valence-electron chi connectivity index (χ4n) is 2.15. The first-order chi connectivity index (χ1) is 8.36. The summed E-state index contributed by atoms with van der Waals surface area (Å²) in [7, 11) is 3.69. The maximum absolute atomic E-state index is 11.8. The number of rotatable bonds is 7. The van der Waals surface area contributed by atoms with Crippen LogP contribution in [0.3, 0.4) is 0 Å². The molecule has 18 heavy (non-hydrogen) atoms. The van der Waals surface area contributed by atoms with Gasteiger partial charge in [-0.25, -0.2) is 0 Å². The molecule has 0 saturated heterocycles. The van der Waals surface area contributed by atoms with E-state index in [4.69, 9.17) is 9.47 Å². The molecule has 0 aliphatic carbocycles. The van der Waals surface area contributed by atoms with Crippen LogP contribution in [0.4, 0.5) is 0 Å². The van der Waals surface area contributed by atoms with Gasteiger partial charge in [-0.05, 0) is 27.9 Å². The predicted octanol–water partition coefficient (Wildman–Crippen LogP) is 1.31. The van der Waals surface area contributed by atoms with E-state index in [9.17, 15) is 9.59 Å². The maximum atomic E-state index is 11.8. The van der Waals surface area contributed by atoms with Crippen molar-refractivity contribution >= 4 is 11.9 Å². The Morgan fingerprint density at radius 3 is 1.50 bits per heavy atom. The van der Waals surface area contributed by atoms with E-state index in [1.165, 1.54) is 0 Å². The van der Waals surface area contributed by atoms with Crippen LogP contribution in [-0.2, 0) is 19.1 Å². The highest BCUT2D eigenvalue weighted by atomic mass is 16.5. The lowest BCUT2D eigenvalue weighted by molar-refractivity contribution is -0.155. The molecule has 2 unspecified atom stereocenters. The Labute approximate surface area is 109 Å². The van der Waals surface area contributed by atoms with Crippen LogP contribution < -0.4 is 0 Å². The number of carbonyl (C=O) groups is 2. The number of hydrogen-bond donors (Lipinski definition) is 0. The molecule has 0 spiro atoms. The molecule has 0 N–H and O–H groups in total. The van der Waals surface area contributed by atoms with Crippen LogP contribution in [0.1, 0.15) is 27.7 Å². The van der Waals surface area contributed by atoms with Crippen molar-refractivity contribution in [2.24, 2.45) is 11.8 Å². The molecule has 0 radical (unpaired) electrons. The highest BCUT2D eigenvalue weighted by Gasteiger charge is 2.35. The molecule has 0 aromatic heterocycles. The topological polar surface area (TPSA) is 55.8 Å². The van der Waals surface area contributed by atoms with Gasteiger partial charge >= 0.3 is 11.9 Å². The minimum atomic E-state index is -0.376. The van der Waals surface area contributed by atoms with E-state index in [1.807, 2.05) is 19.0 Å². The summed E-state index contributed by atoms with van der Waals surface area (Å²) >= 11 is 0. The number of nitrogens with zero attached hydrogens (tertiary/aromatic N) is 1. The monoisotopic (exact) mass is 259 g/mol. The lowest BCUT2D eigenvalue weighted by atomic mass is 9.89. The zero-order valence-electron chi connectivity index (χ0n) is 12.2. The van der Waals surface area contributed by atoms with Crippen LogP contribution in [-0.4, -0.2) is 50.2 Å². The third kappa shape index (κ3) is 4.64. The zero-order valence-corrected chi connectivity index (χ0v) is 12.2. The van der Waals surface area contributed by atoms with Crippen molar-refractivity contribution in [1.82, 2.24) is 4.90 Å². The average molecular weight is 259 g/mol.